The molecule has 5 nitrogen and oxygen atoms in total. The van der Waals surface area contributed by atoms with E-state index in [0.717, 1.165) is 32.5 Å². The van der Waals surface area contributed by atoms with Crippen molar-refractivity contribution in [2.75, 3.05) is 26.7 Å². The number of likely N-dealkylation sites (tertiary alicyclic amines) is 1. The zero-order chi connectivity index (χ0) is 12.2. The summed E-state index contributed by atoms with van der Waals surface area (Å²) in [7, 11) is 1.76. The first-order valence-corrected chi connectivity index (χ1v) is 5.72. The topological polar surface area (TPSA) is 71.1 Å². The number of methoxy groups -OCH3 is 1. The molecule has 0 bridgehead atoms. The van der Waals surface area contributed by atoms with Gasteiger partial charge in [-0.2, -0.15) is 0 Å². The lowest BCUT2D eigenvalue weighted by Gasteiger charge is -2.25. The van der Waals surface area contributed by atoms with Crippen LogP contribution in [0.4, 0.5) is 0 Å². The molecule has 0 aliphatic carbocycles. The number of hydrogen-bond donors (Lipinski definition) is 2. The van der Waals surface area contributed by atoms with Crippen molar-refractivity contribution in [2.24, 2.45) is 16.3 Å². The summed E-state index contributed by atoms with van der Waals surface area (Å²) in [5.41, 5.74) is 5.40. The fourth-order valence-corrected chi connectivity index (χ4v) is 1.89. The van der Waals surface area contributed by atoms with Crippen LogP contribution in [0.2, 0.25) is 0 Å². The minimum Gasteiger partial charge on any atom is -0.409 e. The molecule has 1 saturated heterocycles. The van der Waals surface area contributed by atoms with Crippen molar-refractivity contribution >= 4 is 5.84 Å². The maximum Gasteiger partial charge on any atom is 0.144 e. The average molecular weight is 229 g/mol. The van der Waals surface area contributed by atoms with Crippen LogP contribution in [0, 0.1) is 5.41 Å². The Morgan fingerprint density at radius 3 is 2.81 bits per heavy atom. The molecule has 1 aliphatic heterocycles. The molecule has 1 atom stereocenters. The van der Waals surface area contributed by atoms with Crippen LogP contribution in [0.5, 0.6) is 0 Å². The Balaban J connectivity index is 2.35. The molecule has 5 heteroatoms. The van der Waals surface area contributed by atoms with Crippen LogP contribution in [0.1, 0.15) is 26.7 Å². The number of nitrogens with zero attached hydrogens (tertiary/aromatic N) is 2. The highest BCUT2D eigenvalue weighted by molar-refractivity contribution is 5.85. The molecule has 0 aromatic rings. The van der Waals surface area contributed by atoms with Gasteiger partial charge >= 0.3 is 0 Å². The van der Waals surface area contributed by atoms with Gasteiger partial charge in [0, 0.05) is 25.6 Å². The highest BCUT2D eigenvalue weighted by Gasteiger charge is 2.27. The summed E-state index contributed by atoms with van der Waals surface area (Å²) in [6, 6.07) is 0. The standard InChI is InChI=1S/C11H23N3O2/c1-11(2,10(12)13-15)5-7-14-6-4-9(8-14)16-3/h9,15H,4-8H2,1-3H3,(H2,12,13). The second-order valence-electron chi connectivity index (χ2n) is 5.07. The minimum absolute atomic E-state index is 0.250. The molecule has 0 aromatic carbocycles. The first-order valence-electron chi connectivity index (χ1n) is 5.72. The third-order valence-electron chi connectivity index (χ3n) is 3.42. The zero-order valence-electron chi connectivity index (χ0n) is 10.4. The fourth-order valence-electron chi connectivity index (χ4n) is 1.89. The van der Waals surface area contributed by atoms with Crippen LogP contribution in [0.15, 0.2) is 5.16 Å². The van der Waals surface area contributed by atoms with Crippen molar-refractivity contribution in [1.82, 2.24) is 4.90 Å². The molecule has 1 aliphatic rings. The lowest BCUT2D eigenvalue weighted by Crippen LogP contribution is -2.36. The normalized spacial score (nSPS) is 23.9. The van der Waals surface area contributed by atoms with Gasteiger partial charge in [0.15, 0.2) is 0 Å². The summed E-state index contributed by atoms with van der Waals surface area (Å²) in [4.78, 5) is 2.36. The van der Waals surface area contributed by atoms with Crippen molar-refractivity contribution in [3.63, 3.8) is 0 Å². The maximum absolute atomic E-state index is 8.67. The van der Waals surface area contributed by atoms with E-state index in [1.54, 1.807) is 7.11 Å². The number of ether oxygens (including phenoxy) is 1. The summed E-state index contributed by atoms with van der Waals surface area (Å²) in [5, 5.41) is 11.8. The van der Waals surface area contributed by atoms with Crippen LogP contribution < -0.4 is 5.73 Å². The van der Waals surface area contributed by atoms with E-state index in [4.69, 9.17) is 15.7 Å². The molecule has 1 heterocycles. The Labute approximate surface area is 97.2 Å². The van der Waals surface area contributed by atoms with Crippen molar-refractivity contribution in [3.8, 4) is 0 Å². The lowest BCUT2D eigenvalue weighted by molar-refractivity contribution is 0.107. The van der Waals surface area contributed by atoms with E-state index in [1.165, 1.54) is 0 Å². The number of hydrogen-bond acceptors (Lipinski definition) is 4. The van der Waals surface area contributed by atoms with Gasteiger partial charge in [0.1, 0.15) is 5.84 Å². The van der Waals surface area contributed by atoms with Gasteiger partial charge in [0.05, 0.1) is 6.10 Å². The van der Waals surface area contributed by atoms with Crippen LogP contribution in [-0.2, 0) is 4.74 Å². The van der Waals surface area contributed by atoms with Crippen LogP contribution in [-0.4, -0.2) is 48.8 Å². The third kappa shape index (κ3) is 3.35. The van der Waals surface area contributed by atoms with Gasteiger partial charge < -0.3 is 20.6 Å². The largest absolute Gasteiger partial charge is 0.409 e. The average Bonchev–Trinajstić information content (AvgIpc) is 2.73. The second kappa shape index (κ2) is 5.50. The number of nitrogens with two attached hydrogens (primary N) is 1. The Bertz CT molecular complexity index is 254. The Morgan fingerprint density at radius 1 is 1.62 bits per heavy atom. The molecule has 1 unspecified atom stereocenters. The lowest BCUT2D eigenvalue weighted by atomic mass is 9.88. The van der Waals surface area contributed by atoms with E-state index in [0.29, 0.717) is 11.9 Å². The molecule has 0 saturated carbocycles. The zero-order valence-corrected chi connectivity index (χ0v) is 10.4. The molecule has 3 N–H and O–H groups in total. The summed E-state index contributed by atoms with van der Waals surface area (Å²) < 4.78 is 5.31. The number of rotatable bonds is 5. The van der Waals surface area contributed by atoms with E-state index in [-0.39, 0.29) is 5.41 Å². The van der Waals surface area contributed by atoms with Gasteiger partial charge in [-0.3, -0.25) is 0 Å². The van der Waals surface area contributed by atoms with E-state index in [2.05, 4.69) is 10.1 Å². The minimum atomic E-state index is -0.250. The van der Waals surface area contributed by atoms with E-state index >= 15 is 0 Å². The predicted octanol–water partition coefficient (Wildman–Crippen LogP) is 0.870. The molecular formula is C11H23N3O2. The van der Waals surface area contributed by atoms with Crippen LogP contribution in [0.3, 0.4) is 0 Å². The second-order valence-corrected chi connectivity index (χ2v) is 5.07. The predicted molar refractivity (Wildman–Crippen MR) is 63.7 cm³/mol. The molecule has 0 amide bonds. The Hall–Kier alpha value is -0.810. The monoisotopic (exact) mass is 229 g/mol. The highest BCUT2D eigenvalue weighted by atomic mass is 16.5. The van der Waals surface area contributed by atoms with Gasteiger partial charge in [0.25, 0.3) is 0 Å². The maximum atomic E-state index is 8.67. The summed E-state index contributed by atoms with van der Waals surface area (Å²) in [6.45, 7) is 7.01. The SMILES string of the molecule is COC1CCN(CCC(C)(C)C(N)=NO)C1. The molecule has 0 aromatic heterocycles. The van der Waals surface area contributed by atoms with Gasteiger partial charge in [-0.15, -0.1) is 0 Å². The first-order chi connectivity index (χ1) is 7.49. The number of amidine groups is 1. The fraction of sp³-hybridized carbons (Fsp3) is 0.909. The van der Waals surface area contributed by atoms with Gasteiger partial charge in [0.2, 0.25) is 0 Å². The van der Waals surface area contributed by atoms with Crippen LogP contribution >= 0.6 is 0 Å². The highest BCUT2D eigenvalue weighted by Crippen LogP contribution is 2.22. The van der Waals surface area contributed by atoms with Crippen molar-refractivity contribution in [2.45, 2.75) is 32.8 Å². The summed E-state index contributed by atoms with van der Waals surface area (Å²) in [5.74, 6) is 0.301. The smallest absolute Gasteiger partial charge is 0.144 e. The van der Waals surface area contributed by atoms with Gasteiger partial charge in [-0.25, -0.2) is 0 Å². The van der Waals surface area contributed by atoms with Gasteiger partial charge in [-0.1, -0.05) is 19.0 Å². The molecular weight excluding hydrogens is 206 g/mol. The molecule has 94 valence electrons. The van der Waals surface area contributed by atoms with Gasteiger partial charge in [-0.05, 0) is 19.4 Å². The van der Waals surface area contributed by atoms with Crippen LogP contribution in [0.25, 0.3) is 0 Å². The van der Waals surface area contributed by atoms with E-state index in [9.17, 15) is 0 Å². The summed E-state index contributed by atoms with van der Waals surface area (Å²) in [6.07, 6.45) is 2.35. The molecule has 1 rings (SSSR count). The van der Waals surface area contributed by atoms with Crippen molar-refractivity contribution in [1.29, 1.82) is 0 Å². The Morgan fingerprint density at radius 2 is 2.31 bits per heavy atom. The van der Waals surface area contributed by atoms with E-state index < -0.39 is 0 Å². The molecule has 1 fully saturated rings. The number of oxime groups is 1. The molecule has 16 heavy (non-hydrogen) atoms. The van der Waals surface area contributed by atoms with E-state index in [1.807, 2.05) is 13.8 Å². The third-order valence-corrected chi connectivity index (χ3v) is 3.42. The Kier molecular flexibility index (Phi) is 4.56. The quantitative estimate of drug-likeness (QED) is 0.317. The molecule has 0 radical (unpaired) electrons. The van der Waals surface area contributed by atoms with Crippen molar-refractivity contribution in [3.05, 3.63) is 0 Å². The first kappa shape index (κ1) is 13.3. The molecule has 0 spiro atoms. The summed E-state index contributed by atoms with van der Waals surface area (Å²) >= 11 is 0. The van der Waals surface area contributed by atoms with Crippen molar-refractivity contribution < 1.29 is 9.94 Å².